The smallest absolute Gasteiger partial charge is 0.219 e. The minimum absolute atomic E-state index is 0.392. The van der Waals surface area contributed by atoms with Crippen molar-refractivity contribution >= 4 is 34.3 Å². The molecule has 0 amide bonds. The van der Waals surface area contributed by atoms with Gasteiger partial charge in [0.2, 0.25) is 11.8 Å². The second kappa shape index (κ2) is 8.68. The first-order chi connectivity index (χ1) is 15.5. The van der Waals surface area contributed by atoms with Crippen LogP contribution in [-0.2, 0) is 18.3 Å². The van der Waals surface area contributed by atoms with Crippen molar-refractivity contribution in [1.82, 2.24) is 14.5 Å². The zero-order valence-corrected chi connectivity index (χ0v) is 18.7. The van der Waals surface area contributed by atoms with E-state index in [0.29, 0.717) is 23.5 Å². The summed E-state index contributed by atoms with van der Waals surface area (Å²) >= 11 is 5.88. The van der Waals surface area contributed by atoms with Crippen molar-refractivity contribution in [3.8, 4) is 11.6 Å². The average Bonchev–Trinajstić information content (AvgIpc) is 3.07. The molecule has 1 fully saturated rings. The van der Waals surface area contributed by atoms with Crippen molar-refractivity contribution in [2.45, 2.75) is 19.5 Å². The maximum absolute atomic E-state index is 5.88. The third-order valence-electron chi connectivity index (χ3n) is 5.56. The number of imidazole rings is 1. The maximum atomic E-state index is 5.88. The van der Waals surface area contributed by atoms with Crippen molar-refractivity contribution in [1.29, 1.82) is 0 Å². The summed E-state index contributed by atoms with van der Waals surface area (Å²) in [5.74, 6) is 2.08. The summed E-state index contributed by atoms with van der Waals surface area (Å²) < 4.78 is 13.1. The second-order valence-electron chi connectivity index (χ2n) is 7.94. The summed E-state index contributed by atoms with van der Waals surface area (Å²) in [5, 5.41) is 7.53. The number of aromatic nitrogens is 3. The Bertz CT molecular complexity index is 1250. The van der Waals surface area contributed by atoms with E-state index in [2.05, 4.69) is 45.3 Å². The van der Waals surface area contributed by atoms with E-state index >= 15 is 0 Å². The molecule has 2 aromatic carbocycles. The summed E-state index contributed by atoms with van der Waals surface area (Å²) in [6.45, 7) is 4.24. The SMILES string of the molecule is Cc1cc(Oc2ccc(Cl)cn2)ccc1CNc1nc2ccc(NC3COC3)cc2n1C. The minimum Gasteiger partial charge on any atom is -0.439 e. The van der Waals surface area contributed by atoms with Gasteiger partial charge in [-0.1, -0.05) is 17.7 Å². The molecule has 4 aromatic rings. The van der Waals surface area contributed by atoms with Crippen molar-refractivity contribution in [2.24, 2.45) is 7.05 Å². The molecule has 2 N–H and O–H groups in total. The normalized spacial score (nSPS) is 13.7. The van der Waals surface area contributed by atoms with Gasteiger partial charge in [-0.3, -0.25) is 0 Å². The number of anilines is 2. The van der Waals surface area contributed by atoms with E-state index in [1.165, 1.54) is 5.56 Å². The van der Waals surface area contributed by atoms with Crippen LogP contribution >= 0.6 is 11.6 Å². The fourth-order valence-electron chi connectivity index (χ4n) is 3.64. The van der Waals surface area contributed by atoms with Crippen LogP contribution in [0.15, 0.2) is 54.7 Å². The lowest BCUT2D eigenvalue weighted by Crippen LogP contribution is -2.40. The van der Waals surface area contributed by atoms with Gasteiger partial charge in [-0.05, 0) is 54.4 Å². The van der Waals surface area contributed by atoms with Gasteiger partial charge in [-0.25, -0.2) is 9.97 Å². The molecule has 0 saturated carbocycles. The predicted molar refractivity (Wildman–Crippen MR) is 127 cm³/mol. The number of fused-ring (bicyclic) bond motifs is 1. The van der Waals surface area contributed by atoms with E-state index < -0.39 is 0 Å². The lowest BCUT2D eigenvalue weighted by Gasteiger charge is -2.27. The zero-order chi connectivity index (χ0) is 22.1. The molecule has 8 heteroatoms. The minimum atomic E-state index is 0.392. The molecule has 0 unspecified atom stereocenters. The summed E-state index contributed by atoms with van der Waals surface area (Å²) in [4.78, 5) is 8.92. The van der Waals surface area contributed by atoms with Crippen molar-refractivity contribution < 1.29 is 9.47 Å². The Morgan fingerprint density at radius 1 is 1.16 bits per heavy atom. The topological polar surface area (TPSA) is 73.2 Å². The third kappa shape index (κ3) is 4.35. The van der Waals surface area contributed by atoms with E-state index in [9.17, 15) is 0 Å². The summed E-state index contributed by atoms with van der Waals surface area (Å²) in [5.41, 5.74) is 5.41. The van der Waals surface area contributed by atoms with Crippen LogP contribution < -0.4 is 15.4 Å². The molecule has 1 aliphatic heterocycles. The highest BCUT2D eigenvalue weighted by molar-refractivity contribution is 6.30. The van der Waals surface area contributed by atoms with E-state index in [1.54, 1.807) is 18.3 Å². The molecule has 0 spiro atoms. The Hall–Kier alpha value is -3.29. The van der Waals surface area contributed by atoms with Crippen molar-refractivity contribution in [2.75, 3.05) is 23.8 Å². The zero-order valence-electron chi connectivity index (χ0n) is 17.9. The molecule has 1 aliphatic rings. The standard InChI is InChI=1S/C24H24ClN5O2/c1-15-9-20(32-23-8-4-17(25)12-26-23)6-3-16(15)11-27-24-29-21-7-5-18(10-22(21)30(24)2)28-19-13-31-14-19/h3-10,12,19,28H,11,13-14H2,1-2H3,(H,27,29). The molecular weight excluding hydrogens is 426 g/mol. The summed E-state index contributed by atoms with van der Waals surface area (Å²) in [6, 6.07) is 16.1. The Morgan fingerprint density at radius 3 is 2.75 bits per heavy atom. The van der Waals surface area contributed by atoms with Crippen LogP contribution in [0.4, 0.5) is 11.6 Å². The number of aryl methyl sites for hydroxylation is 2. The highest BCUT2D eigenvalue weighted by Crippen LogP contribution is 2.26. The van der Waals surface area contributed by atoms with Crippen molar-refractivity contribution in [3.63, 3.8) is 0 Å². The number of nitrogens with zero attached hydrogens (tertiary/aromatic N) is 3. The van der Waals surface area contributed by atoms with Crippen LogP contribution in [0.25, 0.3) is 11.0 Å². The lowest BCUT2D eigenvalue weighted by molar-refractivity contribution is 0.0211. The Labute approximate surface area is 191 Å². The molecule has 5 rings (SSSR count). The van der Waals surface area contributed by atoms with Crippen LogP contribution in [0.2, 0.25) is 5.02 Å². The molecule has 32 heavy (non-hydrogen) atoms. The predicted octanol–water partition coefficient (Wildman–Crippen LogP) is 5.15. The third-order valence-corrected chi connectivity index (χ3v) is 5.79. The van der Waals surface area contributed by atoms with Gasteiger partial charge in [0.1, 0.15) is 5.75 Å². The highest BCUT2D eigenvalue weighted by atomic mass is 35.5. The molecule has 0 atom stereocenters. The molecule has 3 heterocycles. The fourth-order valence-corrected chi connectivity index (χ4v) is 3.75. The van der Waals surface area contributed by atoms with Gasteiger partial charge in [0.05, 0.1) is 35.3 Å². The highest BCUT2D eigenvalue weighted by Gasteiger charge is 2.18. The number of ether oxygens (including phenoxy) is 2. The molecule has 164 valence electrons. The first-order valence-electron chi connectivity index (χ1n) is 10.5. The van der Waals surface area contributed by atoms with Gasteiger partial charge in [0.25, 0.3) is 0 Å². The second-order valence-corrected chi connectivity index (χ2v) is 8.37. The van der Waals surface area contributed by atoms with Gasteiger partial charge < -0.3 is 24.7 Å². The lowest BCUT2D eigenvalue weighted by atomic mass is 10.1. The maximum Gasteiger partial charge on any atom is 0.219 e. The van der Waals surface area contributed by atoms with Gasteiger partial charge in [-0.2, -0.15) is 0 Å². The van der Waals surface area contributed by atoms with Crippen molar-refractivity contribution in [3.05, 3.63) is 70.9 Å². The number of hydrogen-bond acceptors (Lipinski definition) is 6. The number of halogens is 1. The van der Waals surface area contributed by atoms with Gasteiger partial charge in [0, 0.05) is 31.5 Å². The molecule has 0 bridgehead atoms. The van der Waals surface area contributed by atoms with Gasteiger partial charge in [0.15, 0.2) is 0 Å². The molecule has 0 radical (unpaired) electrons. The summed E-state index contributed by atoms with van der Waals surface area (Å²) in [6.07, 6.45) is 1.57. The van der Waals surface area contributed by atoms with E-state index in [-0.39, 0.29) is 0 Å². The fraction of sp³-hybridized carbons (Fsp3) is 0.250. The number of rotatable bonds is 7. The largest absolute Gasteiger partial charge is 0.439 e. The molecule has 2 aromatic heterocycles. The summed E-state index contributed by atoms with van der Waals surface area (Å²) in [7, 11) is 2.02. The average molecular weight is 450 g/mol. The molecule has 0 aliphatic carbocycles. The first-order valence-corrected chi connectivity index (χ1v) is 10.9. The van der Waals surface area contributed by atoms with Crippen LogP contribution in [0, 0.1) is 6.92 Å². The monoisotopic (exact) mass is 449 g/mol. The van der Waals surface area contributed by atoms with Gasteiger partial charge >= 0.3 is 0 Å². The molecule has 7 nitrogen and oxygen atoms in total. The number of nitrogens with one attached hydrogen (secondary N) is 2. The Kier molecular flexibility index (Phi) is 5.59. The van der Waals surface area contributed by atoms with Crippen LogP contribution in [0.5, 0.6) is 11.6 Å². The number of benzene rings is 2. The van der Waals surface area contributed by atoms with Crippen LogP contribution in [-0.4, -0.2) is 33.8 Å². The molecule has 1 saturated heterocycles. The number of pyridine rings is 1. The Balaban J connectivity index is 1.27. The quantitative estimate of drug-likeness (QED) is 0.406. The number of hydrogen-bond donors (Lipinski definition) is 2. The van der Waals surface area contributed by atoms with E-state index in [1.807, 2.05) is 25.2 Å². The first kappa shape index (κ1) is 20.6. The van der Waals surface area contributed by atoms with E-state index in [0.717, 1.165) is 47.2 Å². The van der Waals surface area contributed by atoms with E-state index in [4.69, 9.17) is 26.1 Å². The van der Waals surface area contributed by atoms with Gasteiger partial charge in [-0.15, -0.1) is 0 Å². The molecular formula is C24H24ClN5O2. The van der Waals surface area contributed by atoms with Crippen LogP contribution in [0.3, 0.4) is 0 Å². The Morgan fingerprint density at radius 2 is 2.03 bits per heavy atom. The van der Waals surface area contributed by atoms with Crippen LogP contribution in [0.1, 0.15) is 11.1 Å².